The molecule has 0 unspecified atom stereocenters. The molecule has 0 aliphatic rings. The molecule has 0 bridgehead atoms. The van der Waals surface area contributed by atoms with Gasteiger partial charge in [-0.15, -0.1) is 0 Å². The molecule has 3 nitrogen and oxygen atoms in total. The molecule has 2 rings (SSSR count). The minimum absolute atomic E-state index is 0. The Labute approximate surface area is 92.4 Å². The van der Waals surface area contributed by atoms with Gasteiger partial charge in [-0.05, 0) is 12.1 Å². The Bertz CT molecular complexity index is 372. The Kier molecular flexibility index (Phi) is 3.14. The number of H-pyrrole nitrogens is 1. The van der Waals surface area contributed by atoms with Gasteiger partial charge in [-0.3, -0.25) is 0 Å². The summed E-state index contributed by atoms with van der Waals surface area (Å²) >= 11 is 0. The summed E-state index contributed by atoms with van der Waals surface area (Å²) in [6.45, 7) is 0. The third-order valence-electron chi connectivity index (χ3n) is 1.64. The number of ether oxygens (including phenoxy) is 1. The van der Waals surface area contributed by atoms with Gasteiger partial charge in [0, 0.05) is 29.6 Å². The first-order valence-corrected chi connectivity index (χ1v) is 3.38. The van der Waals surface area contributed by atoms with Gasteiger partial charge in [0.2, 0.25) is 0 Å². The van der Waals surface area contributed by atoms with Crippen molar-refractivity contribution in [3.8, 4) is 5.75 Å². The number of hydrogen-bond donors (Lipinski definition) is 1. The number of rotatable bonds is 1. The van der Waals surface area contributed by atoms with Crippen LogP contribution in [0.5, 0.6) is 5.75 Å². The van der Waals surface area contributed by atoms with Crippen LogP contribution in [0.2, 0.25) is 0 Å². The molecule has 0 atom stereocenters. The average Bonchev–Trinajstić information content (AvgIpc) is 2.50. The van der Waals surface area contributed by atoms with E-state index >= 15 is 0 Å². The van der Waals surface area contributed by atoms with Gasteiger partial charge in [0.1, 0.15) is 11.3 Å². The van der Waals surface area contributed by atoms with E-state index in [9.17, 15) is 0 Å². The minimum atomic E-state index is 0. The molecule has 0 aliphatic carbocycles. The maximum absolute atomic E-state index is 5.11. The molecule has 1 radical (unpaired) electrons. The molecule has 1 aromatic heterocycles. The molecule has 4 heteroatoms. The molecule has 57 valence electrons. The van der Waals surface area contributed by atoms with Crippen LogP contribution in [0.3, 0.4) is 0 Å². The second kappa shape index (κ2) is 3.94. The van der Waals surface area contributed by atoms with Gasteiger partial charge in [-0.1, -0.05) is 6.07 Å². The van der Waals surface area contributed by atoms with E-state index in [2.05, 4.69) is 9.97 Å². The predicted molar refractivity (Wildman–Crippen MR) is 48.4 cm³/mol. The molecule has 12 heavy (non-hydrogen) atoms. The number of aromatic nitrogens is 2. The fraction of sp³-hybridized carbons (Fsp3) is 0.125. The van der Waals surface area contributed by atoms with Crippen LogP contribution in [0, 0.1) is 0 Å². The van der Waals surface area contributed by atoms with Gasteiger partial charge >= 0.3 is 0 Å². The smallest absolute Gasteiger partial charge is 0.144 e. The Morgan fingerprint density at radius 1 is 1.42 bits per heavy atom. The van der Waals surface area contributed by atoms with Gasteiger partial charge in [-0.25, -0.2) is 4.98 Å². The summed E-state index contributed by atoms with van der Waals surface area (Å²) < 4.78 is 5.11. The normalized spacial score (nSPS) is 9.42. The first-order chi connectivity index (χ1) is 5.42. The van der Waals surface area contributed by atoms with Crippen molar-refractivity contribution in [2.45, 2.75) is 0 Å². The molecule has 0 aliphatic heterocycles. The number of fused-ring (bicyclic) bond motifs is 1. The molecule has 0 fully saturated rings. The maximum atomic E-state index is 5.11. The van der Waals surface area contributed by atoms with Crippen LogP contribution in [-0.4, -0.2) is 46.6 Å². The number of methoxy groups -OCH3 is 1. The second-order valence-electron chi connectivity index (χ2n) is 2.26. The van der Waals surface area contributed by atoms with E-state index in [-0.39, 0.29) is 29.6 Å². The molecular weight excluding hydrogens is 163 g/mol. The van der Waals surface area contributed by atoms with Crippen molar-refractivity contribution in [1.82, 2.24) is 9.97 Å². The van der Waals surface area contributed by atoms with Gasteiger partial charge in [0.15, 0.2) is 0 Å². The Morgan fingerprint density at radius 3 is 3.00 bits per heavy atom. The van der Waals surface area contributed by atoms with E-state index in [1.807, 2.05) is 18.2 Å². The second-order valence-corrected chi connectivity index (χ2v) is 2.26. The summed E-state index contributed by atoms with van der Waals surface area (Å²) in [6.07, 6.45) is 1.66. The third-order valence-corrected chi connectivity index (χ3v) is 1.64. The van der Waals surface area contributed by atoms with Crippen molar-refractivity contribution < 1.29 is 4.74 Å². The number of nitrogens with one attached hydrogen (secondary N) is 1. The van der Waals surface area contributed by atoms with E-state index in [0.717, 1.165) is 16.8 Å². The summed E-state index contributed by atoms with van der Waals surface area (Å²) in [5.74, 6) is 0.833. The standard InChI is InChI=1S/C8H8N2O.Na/c1-11-7-4-2-3-6-8(7)10-5-9-6;/h2-5H,1H3,(H,9,10);. The quantitative estimate of drug-likeness (QED) is 0.654. The van der Waals surface area contributed by atoms with Crippen molar-refractivity contribution in [2.75, 3.05) is 7.11 Å². The Balaban J connectivity index is 0.000000720. The molecule has 0 saturated heterocycles. The van der Waals surface area contributed by atoms with Crippen molar-refractivity contribution in [3.63, 3.8) is 0 Å². The SMILES string of the molecule is COc1cccc2nc[nH]c12.[Na]. The van der Waals surface area contributed by atoms with Crippen molar-refractivity contribution >= 4 is 40.6 Å². The molecule has 0 amide bonds. The molecular formula is C8H8N2NaO. The van der Waals surface area contributed by atoms with E-state index in [4.69, 9.17) is 4.74 Å². The number of para-hydroxylation sites is 1. The number of benzene rings is 1. The Hall–Kier alpha value is -0.510. The molecule has 1 N–H and O–H groups in total. The maximum Gasteiger partial charge on any atom is 0.144 e. The van der Waals surface area contributed by atoms with Gasteiger partial charge in [0.25, 0.3) is 0 Å². The minimum Gasteiger partial charge on any atom is -0.494 e. The third kappa shape index (κ3) is 1.48. The van der Waals surface area contributed by atoms with Gasteiger partial charge in [0.05, 0.1) is 19.0 Å². The number of hydrogen-bond acceptors (Lipinski definition) is 2. The molecule has 1 heterocycles. The van der Waals surface area contributed by atoms with E-state index < -0.39 is 0 Å². The van der Waals surface area contributed by atoms with Crippen LogP contribution < -0.4 is 4.74 Å². The van der Waals surface area contributed by atoms with Crippen LogP contribution in [-0.2, 0) is 0 Å². The summed E-state index contributed by atoms with van der Waals surface area (Å²) in [4.78, 5) is 7.09. The average molecular weight is 171 g/mol. The Morgan fingerprint density at radius 2 is 2.25 bits per heavy atom. The molecule has 2 aromatic rings. The summed E-state index contributed by atoms with van der Waals surface area (Å²) in [5, 5.41) is 0. The first-order valence-electron chi connectivity index (χ1n) is 3.38. The largest absolute Gasteiger partial charge is 0.494 e. The zero-order valence-electron chi connectivity index (χ0n) is 7.16. The molecule has 0 spiro atoms. The summed E-state index contributed by atoms with van der Waals surface area (Å²) in [7, 11) is 1.65. The van der Waals surface area contributed by atoms with Gasteiger partial charge < -0.3 is 9.72 Å². The van der Waals surface area contributed by atoms with Crippen molar-refractivity contribution in [3.05, 3.63) is 24.5 Å². The van der Waals surface area contributed by atoms with Crippen LogP contribution in [0.15, 0.2) is 24.5 Å². The van der Waals surface area contributed by atoms with Gasteiger partial charge in [-0.2, -0.15) is 0 Å². The van der Waals surface area contributed by atoms with Crippen LogP contribution in [0.4, 0.5) is 0 Å². The monoisotopic (exact) mass is 171 g/mol. The topological polar surface area (TPSA) is 37.9 Å². The predicted octanol–water partition coefficient (Wildman–Crippen LogP) is 1.19. The van der Waals surface area contributed by atoms with E-state index in [1.165, 1.54) is 0 Å². The van der Waals surface area contributed by atoms with Crippen LogP contribution in [0.1, 0.15) is 0 Å². The van der Waals surface area contributed by atoms with Crippen molar-refractivity contribution in [2.24, 2.45) is 0 Å². The fourth-order valence-corrected chi connectivity index (χ4v) is 1.11. The van der Waals surface area contributed by atoms with Crippen LogP contribution in [0.25, 0.3) is 11.0 Å². The zero-order valence-corrected chi connectivity index (χ0v) is 9.16. The number of nitrogens with zero attached hydrogens (tertiary/aromatic N) is 1. The zero-order chi connectivity index (χ0) is 7.68. The molecule has 1 aromatic carbocycles. The summed E-state index contributed by atoms with van der Waals surface area (Å²) in [6, 6.07) is 5.76. The number of imidazole rings is 1. The van der Waals surface area contributed by atoms with E-state index in [1.54, 1.807) is 13.4 Å². The van der Waals surface area contributed by atoms with Crippen molar-refractivity contribution in [1.29, 1.82) is 0 Å². The number of aromatic amines is 1. The molecule has 0 saturated carbocycles. The fourth-order valence-electron chi connectivity index (χ4n) is 1.11. The van der Waals surface area contributed by atoms with Crippen LogP contribution >= 0.6 is 0 Å². The van der Waals surface area contributed by atoms with E-state index in [0.29, 0.717) is 0 Å². The summed E-state index contributed by atoms with van der Waals surface area (Å²) in [5.41, 5.74) is 1.89. The first kappa shape index (κ1) is 9.58.